The lowest BCUT2D eigenvalue weighted by Crippen LogP contribution is -2.58. The van der Waals surface area contributed by atoms with Crippen molar-refractivity contribution in [2.45, 2.75) is 38.9 Å². The molecule has 0 radical (unpaired) electrons. The molecule has 1 aliphatic carbocycles. The lowest BCUT2D eigenvalue weighted by Gasteiger charge is -2.34. The first-order chi connectivity index (χ1) is 9.19. The molecule has 1 saturated heterocycles. The van der Waals surface area contributed by atoms with Gasteiger partial charge in [0.15, 0.2) is 0 Å². The fourth-order valence-electron chi connectivity index (χ4n) is 2.59. The number of aromatic nitrogens is 2. The summed E-state index contributed by atoms with van der Waals surface area (Å²) in [6, 6.07) is -0.286. The fraction of sp³-hybridized carbons (Fsp3) is 0.615. The van der Waals surface area contributed by atoms with Crippen LogP contribution in [-0.2, 0) is 22.7 Å². The molecule has 3 rings (SSSR count). The van der Waals surface area contributed by atoms with Gasteiger partial charge in [0.2, 0.25) is 11.8 Å². The molecule has 6 heteroatoms. The third-order valence-corrected chi connectivity index (χ3v) is 3.77. The fourth-order valence-corrected chi connectivity index (χ4v) is 2.59. The first kappa shape index (κ1) is 12.2. The molecule has 1 unspecified atom stereocenters. The van der Waals surface area contributed by atoms with Gasteiger partial charge in [-0.2, -0.15) is 5.10 Å². The third-order valence-electron chi connectivity index (χ3n) is 3.77. The van der Waals surface area contributed by atoms with Gasteiger partial charge in [-0.05, 0) is 25.7 Å². The van der Waals surface area contributed by atoms with E-state index in [-0.39, 0.29) is 24.4 Å². The molecule has 0 aromatic carbocycles. The van der Waals surface area contributed by atoms with E-state index < -0.39 is 0 Å². The highest BCUT2D eigenvalue weighted by atomic mass is 16.2. The minimum Gasteiger partial charge on any atom is -0.345 e. The predicted octanol–water partition coefficient (Wildman–Crippen LogP) is 0.140. The lowest BCUT2D eigenvalue weighted by molar-refractivity contribution is -0.147. The van der Waals surface area contributed by atoms with Crippen LogP contribution in [0.15, 0.2) is 12.4 Å². The van der Waals surface area contributed by atoms with Gasteiger partial charge in [0.05, 0.1) is 12.7 Å². The molecule has 102 valence electrons. The van der Waals surface area contributed by atoms with E-state index >= 15 is 0 Å². The van der Waals surface area contributed by atoms with Gasteiger partial charge >= 0.3 is 0 Å². The zero-order valence-corrected chi connectivity index (χ0v) is 11.0. The van der Waals surface area contributed by atoms with Crippen LogP contribution in [0, 0.1) is 5.92 Å². The summed E-state index contributed by atoms with van der Waals surface area (Å²) in [5.74, 6) is 0.330. The maximum atomic E-state index is 12.0. The molecule has 1 saturated carbocycles. The van der Waals surface area contributed by atoms with Crippen LogP contribution in [0.5, 0.6) is 0 Å². The lowest BCUT2D eigenvalue weighted by atomic mass is 10.1. The molecule has 0 spiro atoms. The molecule has 2 amide bonds. The SMILES string of the molecule is CCn1cc(CN2C(=O)CNC(=O)C2C2CC2)cn1. The molecule has 1 aromatic rings. The smallest absolute Gasteiger partial charge is 0.243 e. The standard InChI is InChI=1S/C13H18N4O2/c1-2-16-7-9(5-15-16)8-17-11(18)6-14-13(19)12(17)10-3-4-10/h5,7,10,12H,2-4,6,8H2,1H3,(H,14,19). The highest BCUT2D eigenvalue weighted by Gasteiger charge is 2.44. The molecule has 1 aliphatic heterocycles. The quantitative estimate of drug-likeness (QED) is 0.839. The topological polar surface area (TPSA) is 67.2 Å². The maximum Gasteiger partial charge on any atom is 0.243 e. The van der Waals surface area contributed by atoms with E-state index in [1.807, 2.05) is 17.8 Å². The van der Waals surface area contributed by atoms with Crippen molar-refractivity contribution in [3.63, 3.8) is 0 Å². The number of carbonyl (C=O) groups excluding carboxylic acids is 2. The largest absolute Gasteiger partial charge is 0.345 e. The summed E-state index contributed by atoms with van der Waals surface area (Å²) in [7, 11) is 0. The van der Waals surface area contributed by atoms with Gasteiger partial charge in [-0.15, -0.1) is 0 Å². The summed E-state index contributed by atoms with van der Waals surface area (Å²) in [4.78, 5) is 25.7. The number of nitrogens with one attached hydrogen (secondary N) is 1. The van der Waals surface area contributed by atoms with Crippen molar-refractivity contribution in [3.05, 3.63) is 18.0 Å². The average molecular weight is 262 g/mol. The average Bonchev–Trinajstić information content (AvgIpc) is 3.13. The number of carbonyl (C=O) groups is 2. The van der Waals surface area contributed by atoms with Crippen LogP contribution in [0.1, 0.15) is 25.3 Å². The number of piperazine rings is 1. The van der Waals surface area contributed by atoms with Gasteiger partial charge in [0.1, 0.15) is 6.04 Å². The van der Waals surface area contributed by atoms with Crippen LogP contribution in [0.4, 0.5) is 0 Å². The van der Waals surface area contributed by atoms with Crippen LogP contribution in [0.2, 0.25) is 0 Å². The highest BCUT2D eigenvalue weighted by Crippen LogP contribution is 2.36. The van der Waals surface area contributed by atoms with E-state index in [4.69, 9.17) is 0 Å². The van der Waals surface area contributed by atoms with E-state index in [0.29, 0.717) is 12.5 Å². The Bertz CT molecular complexity index is 506. The van der Waals surface area contributed by atoms with E-state index in [0.717, 1.165) is 24.9 Å². The Kier molecular flexibility index (Phi) is 3.00. The van der Waals surface area contributed by atoms with Gasteiger partial charge < -0.3 is 10.2 Å². The molecule has 2 heterocycles. The summed E-state index contributed by atoms with van der Waals surface area (Å²) in [5.41, 5.74) is 0.982. The van der Waals surface area contributed by atoms with Crippen molar-refractivity contribution >= 4 is 11.8 Å². The number of aryl methyl sites for hydroxylation is 1. The Hall–Kier alpha value is -1.85. The van der Waals surface area contributed by atoms with E-state index in [9.17, 15) is 9.59 Å². The zero-order chi connectivity index (χ0) is 13.4. The van der Waals surface area contributed by atoms with Crippen LogP contribution in [-0.4, -0.2) is 39.1 Å². The van der Waals surface area contributed by atoms with Crippen molar-refractivity contribution in [1.29, 1.82) is 0 Å². The third kappa shape index (κ3) is 2.34. The van der Waals surface area contributed by atoms with Crippen LogP contribution >= 0.6 is 0 Å². The van der Waals surface area contributed by atoms with Crippen LogP contribution in [0.25, 0.3) is 0 Å². The maximum absolute atomic E-state index is 12.0. The Morgan fingerprint density at radius 1 is 1.42 bits per heavy atom. The van der Waals surface area contributed by atoms with Gasteiger partial charge in [-0.25, -0.2) is 0 Å². The van der Waals surface area contributed by atoms with E-state index in [1.165, 1.54) is 0 Å². The minimum absolute atomic E-state index is 0.000693. The van der Waals surface area contributed by atoms with Crippen molar-refractivity contribution < 1.29 is 9.59 Å². The van der Waals surface area contributed by atoms with Gasteiger partial charge in [0, 0.05) is 24.8 Å². The minimum atomic E-state index is -0.286. The van der Waals surface area contributed by atoms with Crippen molar-refractivity contribution in [2.24, 2.45) is 5.92 Å². The molecule has 2 fully saturated rings. The Morgan fingerprint density at radius 2 is 2.21 bits per heavy atom. The van der Waals surface area contributed by atoms with Crippen LogP contribution < -0.4 is 5.32 Å². The molecule has 1 N–H and O–H groups in total. The number of nitrogens with zero attached hydrogens (tertiary/aromatic N) is 3. The summed E-state index contributed by atoms with van der Waals surface area (Å²) >= 11 is 0. The monoisotopic (exact) mass is 262 g/mol. The molecule has 1 atom stereocenters. The highest BCUT2D eigenvalue weighted by molar-refractivity contribution is 5.95. The van der Waals surface area contributed by atoms with Gasteiger partial charge in [0.25, 0.3) is 0 Å². The summed E-state index contributed by atoms with van der Waals surface area (Å²) in [5, 5.41) is 6.89. The van der Waals surface area contributed by atoms with E-state index in [2.05, 4.69) is 10.4 Å². The normalized spacial score (nSPS) is 23.6. The molecular formula is C13H18N4O2. The first-order valence-corrected chi connectivity index (χ1v) is 6.77. The zero-order valence-electron chi connectivity index (χ0n) is 11.0. The molecule has 6 nitrogen and oxygen atoms in total. The van der Waals surface area contributed by atoms with Gasteiger partial charge in [-0.3, -0.25) is 14.3 Å². The molecule has 2 aliphatic rings. The summed E-state index contributed by atoms with van der Waals surface area (Å²) in [6.07, 6.45) is 5.78. The molecular weight excluding hydrogens is 244 g/mol. The van der Waals surface area contributed by atoms with Crippen molar-refractivity contribution in [3.8, 4) is 0 Å². The predicted molar refractivity (Wildman–Crippen MR) is 68.0 cm³/mol. The second-order valence-electron chi connectivity index (χ2n) is 5.23. The Morgan fingerprint density at radius 3 is 2.84 bits per heavy atom. The summed E-state index contributed by atoms with van der Waals surface area (Å²) in [6.45, 7) is 3.42. The number of hydrogen-bond acceptors (Lipinski definition) is 3. The first-order valence-electron chi connectivity index (χ1n) is 6.77. The van der Waals surface area contributed by atoms with Gasteiger partial charge in [-0.1, -0.05) is 0 Å². The number of rotatable bonds is 4. The molecule has 1 aromatic heterocycles. The second kappa shape index (κ2) is 4.68. The molecule has 19 heavy (non-hydrogen) atoms. The van der Waals surface area contributed by atoms with E-state index in [1.54, 1.807) is 11.1 Å². The summed E-state index contributed by atoms with van der Waals surface area (Å²) < 4.78 is 1.83. The van der Waals surface area contributed by atoms with Crippen molar-refractivity contribution in [2.75, 3.05) is 6.54 Å². The Labute approximate surface area is 111 Å². The molecule has 0 bridgehead atoms. The van der Waals surface area contributed by atoms with Crippen LogP contribution in [0.3, 0.4) is 0 Å². The number of hydrogen-bond donors (Lipinski definition) is 1. The van der Waals surface area contributed by atoms with Crippen molar-refractivity contribution in [1.82, 2.24) is 20.0 Å². The second-order valence-corrected chi connectivity index (χ2v) is 5.23. The Balaban J connectivity index is 1.78. The number of amides is 2.